The van der Waals surface area contributed by atoms with Crippen LogP contribution in [-0.4, -0.2) is 42.0 Å². The number of benzene rings is 2. The molecule has 0 radical (unpaired) electrons. The summed E-state index contributed by atoms with van der Waals surface area (Å²) in [5, 5.41) is 6.03. The number of carbonyl (C=O) groups excluding carboxylic acids is 2. The Morgan fingerprint density at radius 3 is 2.70 bits per heavy atom. The lowest BCUT2D eigenvalue weighted by atomic mass is 9.96. The van der Waals surface area contributed by atoms with Crippen LogP contribution in [0.15, 0.2) is 61.3 Å². The molecule has 1 aliphatic rings. The van der Waals surface area contributed by atoms with Crippen LogP contribution in [0.25, 0.3) is 0 Å². The number of hydrogen-bond donors (Lipinski definition) is 3. The number of hydrogen-bond acceptors (Lipinski definition) is 8. The third-order valence-electron chi connectivity index (χ3n) is 5.91. The first kappa shape index (κ1) is 25.8. The van der Waals surface area contributed by atoms with Crippen molar-refractivity contribution in [3.63, 3.8) is 0 Å². The fourth-order valence-corrected chi connectivity index (χ4v) is 4.08. The van der Waals surface area contributed by atoms with Gasteiger partial charge in [0.25, 0.3) is 0 Å². The molecule has 1 aromatic heterocycles. The van der Waals surface area contributed by atoms with Crippen molar-refractivity contribution in [1.29, 1.82) is 0 Å². The highest BCUT2D eigenvalue weighted by molar-refractivity contribution is 6.31. The summed E-state index contributed by atoms with van der Waals surface area (Å²) in [6.07, 6.45) is 4.06. The number of nitrogens with one attached hydrogen (secondary N) is 2. The maximum Gasteiger partial charge on any atom is 0.247 e. The molecule has 11 heteroatoms. The topological polar surface area (TPSA) is 132 Å². The van der Waals surface area contributed by atoms with Crippen molar-refractivity contribution in [3.8, 4) is 17.4 Å². The minimum absolute atomic E-state index is 0.0778. The molecular formula is C26H27ClN6O4. The van der Waals surface area contributed by atoms with E-state index in [0.29, 0.717) is 22.9 Å². The second kappa shape index (κ2) is 11.6. The number of nitrogens with zero attached hydrogens (tertiary/aromatic N) is 3. The fraction of sp³-hybridized carbons (Fsp3) is 0.231. The Bertz CT molecular complexity index is 1310. The number of ether oxygens (including phenoxy) is 2. The monoisotopic (exact) mass is 522 g/mol. The van der Waals surface area contributed by atoms with Crippen LogP contribution in [0.2, 0.25) is 5.02 Å². The Morgan fingerprint density at radius 1 is 1.22 bits per heavy atom. The van der Waals surface area contributed by atoms with Gasteiger partial charge in [-0.15, -0.1) is 0 Å². The number of nitrogens with two attached hydrogens (primary N) is 1. The number of methoxy groups -OCH3 is 1. The smallest absolute Gasteiger partial charge is 0.247 e. The summed E-state index contributed by atoms with van der Waals surface area (Å²) in [6, 6.07) is 12.6. The minimum atomic E-state index is -0.334. The summed E-state index contributed by atoms with van der Waals surface area (Å²) in [7, 11) is 1.58. The van der Waals surface area contributed by atoms with E-state index in [4.69, 9.17) is 26.8 Å². The van der Waals surface area contributed by atoms with E-state index in [2.05, 4.69) is 32.1 Å². The third kappa shape index (κ3) is 6.47. The van der Waals surface area contributed by atoms with Crippen LogP contribution in [0.4, 0.5) is 23.0 Å². The Morgan fingerprint density at radius 2 is 2.00 bits per heavy atom. The number of amides is 2. The Labute approximate surface area is 219 Å². The predicted molar refractivity (Wildman–Crippen MR) is 143 cm³/mol. The first-order chi connectivity index (χ1) is 17.9. The molecule has 10 nitrogen and oxygen atoms in total. The number of anilines is 4. The van der Waals surface area contributed by atoms with Gasteiger partial charge in [-0.3, -0.25) is 9.59 Å². The van der Waals surface area contributed by atoms with Crippen molar-refractivity contribution >= 4 is 46.4 Å². The zero-order chi connectivity index (χ0) is 26.4. The van der Waals surface area contributed by atoms with Crippen molar-refractivity contribution in [1.82, 2.24) is 9.97 Å². The first-order valence-electron chi connectivity index (χ1n) is 11.6. The third-order valence-corrected chi connectivity index (χ3v) is 6.17. The van der Waals surface area contributed by atoms with Crippen LogP contribution in [-0.2, 0) is 9.59 Å². The summed E-state index contributed by atoms with van der Waals surface area (Å²) >= 11 is 6.27. The number of piperidine rings is 1. The van der Waals surface area contributed by atoms with Crippen molar-refractivity contribution in [2.45, 2.75) is 12.8 Å². The van der Waals surface area contributed by atoms with E-state index < -0.39 is 0 Å². The normalized spacial score (nSPS) is 13.5. The molecule has 0 aliphatic carbocycles. The minimum Gasteiger partial charge on any atom is -0.494 e. The average molecular weight is 523 g/mol. The van der Waals surface area contributed by atoms with Gasteiger partial charge in [0.2, 0.25) is 23.6 Å². The molecule has 1 saturated heterocycles. The van der Waals surface area contributed by atoms with Gasteiger partial charge in [0.15, 0.2) is 0 Å². The highest BCUT2D eigenvalue weighted by Gasteiger charge is 2.24. The SMILES string of the molecule is C=CC(=O)Nc1cccc(Oc2nc(Nc3ccc(N4CCC(C(N)=O)CC4)cc3OC)ncc2Cl)c1. The Balaban J connectivity index is 1.48. The first-order valence-corrected chi connectivity index (χ1v) is 12.0. The molecule has 0 unspecified atom stereocenters. The Hall–Kier alpha value is -4.31. The van der Waals surface area contributed by atoms with Gasteiger partial charge < -0.3 is 30.7 Å². The lowest BCUT2D eigenvalue weighted by molar-refractivity contribution is -0.122. The molecule has 0 atom stereocenters. The van der Waals surface area contributed by atoms with Crippen LogP contribution in [0, 0.1) is 5.92 Å². The van der Waals surface area contributed by atoms with E-state index in [1.807, 2.05) is 18.2 Å². The standard InChI is InChI=1S/C26H27ClN6O4/c1-3-23(34)30-17-5-4-6-19(13-17)37-25-20(27)15-29-26(32-25)31-21-8-7-18(14-22(21)36-2)33-11-9-16(10-12-33)24(28)35/h3-8,13-16H,1,9-12H2,2H3,(H2,28,35)(H,30,34)(H,29,31,32). The van der Waals surface area contributed by atoms with E-state index in [-0.39, 0.29) is 34.6 Å². The lowest BCUT2D eigenvalue weighted by Crippen LogP contribution is -2.38. The van der Waals surface area contributed by atoms with Gasteiger partial charge in [-0.25, -0.2) is 4.98 Å². The van der Waals surface area contributed by atoms with E-state index in [0.717, 1.165) is 31.6 Å². The number of aromatic nitrogens is 2. The van der Waals surface area contributed by atoms with Crippen LogP contribution >= 0.6 is 11.6 Å². The molecule has 4 rings (SSSR count). The molecule has 3 aromatic rings. The molecule has 2 heterocycles. The summed E-state index contributed by atoms with van der Waals surface area (Å²) < 4.78 is 11.4. The van der Waals surface area contributed by atoms with Gasteiger partial charge in [0, 0.05) is 42.5 Å². The second-order valence-corrected chi connectivity index (χ2v) is 8.75. The molecule has 0 saturated carbocycles. The number of rotatable bonds is 9. The summed E-state index contributed by atoms with van der Waals surface area (Å²) in [5.74, 6) is 0.764. The molecule has 192 valence electrons. The van der Waals surface area contributed by atoms with Crippen LogP contribution in [0.1, 0.15) is 12.8 Å². The highest BCUT2D eigenvalue weighted by atomic mass is 35.5. The predicted octanol–water partition coefficient (Wildman–Crippen LogP) is 4.50. The molecule has 2 aromatic carbocycles. The lowest BCUT2D eigenvalue weighted by Gasteiger charge is -2.32. The van der Waals surface area contributed by atoms with Gasteiger partial charge >= 0.3 is 0 Å². The summed E-state index contributed by atoms with van der Waals surface area (Å²) in [6.45, 7) is 4.92. The number of halogens is 1. The number of carbonyl (C=O) groups is 2. The van der Waals surface area contributed by atoms with E-state index in [1.54, 1.807) is 31.4 Å². The van der Waals surface area contributed by atoms with Crippen molar-refractivity contribution in [2.75, 3.05) is 35.7 Å². The Kier molecular flexibility index (Phi) is 8.09. The van der Waals surface area contributed by atoms with Crippen molar-refractivity contribution in [3.05, 3.63) is 66.3 Å². The average Bonchev–Trinajstić information content (AvgIpc) is 2.91. The molecule has 1 aliphatic heterocycles. The largest absolute Gasteiger partial charge is 0.494 e. The second-order valence-electron chi connectivity index (χ2n) is 8.34. The molecule has 1 fully saturated rings. The molecule has 0 spiro atoms. The van der Waals surface area contributed by atoms with E-state index >= 15 is 0 Å². The zero-order valence-electron chi connectivity index (χ0n) is 20.2. The van der Waals surface area contributed by atoms with Gasteiger partial charge in [-0.2, -0.15) is 4.98 Å². The van der Waals surface area contributed by atoms with E-state index in [9.17, 15) is 9.59 Å². The van der Waals surface area contributed by atoms with E-state index in [1.165, 1.54) is 12.3 Å². The van der Waals surface area contributed by atoms with Gasteiger partial charge in [-0.1, -0.05) is 24.2 Å². The molecular weight excluding hydrogens is 496 g/mol. The van der Waals surface area contributed by atoms with Crippen LogP contribution in [0.3, 0.4) is 0 Å². The maximum absolute atomic E-state index is 11.6. The zero-order valence-corrected chi connectivity index (χ0v) is 21.0. The molecule has 4 N–H and O–H groups in total. The number of primary amides is 1. The molecule has 0 bridgehead atoms. The van der Waals surface area contributed by atoms with Crippen molar-refractivity contribution < 1.29 is 19.1 Å². The van der Waals surface area contributed by atoms with Crippen LogP contribution in [0.5, 0.6) is 17.4 Å². The fourth-order valence-electron chi connectivity index (χ4n) is 3.95. The summed E-state index contributed by atoms with van der Waals surface area (Å²) in [5.41, 5.74) is 7.62. The van der Waals surface area contributed by atoms with Gasteiger partial charge in [0.1, 0.15) is 16.5 Å². The van der Waals surface area contributed by atoms with Crippen molar-refractivity contribution in [2.24, 2.45) is 11.7 Å². The summed E-state index contributed by atoms with van der Waals surface area (Å²) in [4.78, 5) is 33.9. The highest BCUT2D eigenvalue weighted by Crippen LogP contribution is 2.34. The molecule has 37 heavy (non-hydrogen) atoms. The van der Waals surface area contributed by atoms with Gasteiger partial charge in [-0.05, 0) is 43.2 Å². The van der Waals surface area contributed by atoms with Gasteiger partial charge in [0.05, 0.1) is 19.0 Å². The van der Waals surface area contributed by atoms with Crippen LogP contribution < -0.4 is 30.7 Å². The maximum atomic E-state index is 11.6. The quantitative estimate of drug-likeness (QED) is 0.350. The molecule has 2 amide bonds.